The van der Waals surface area contributed by atoms with Crippen molar-refractivity contribution in [2.45, 2.75) is 18.3 Å². The van der Waals surface area contributed by atoms with Crippen molar-refractivity contribution in [3.8, 4) is 0 Å². The Balaban J connectivity index is 1.58. The summed E-state index contributed by atoms with van der Waals surface area (Å²) in [7, 11) is 1.26. The molecule has 5 rings (SSSR count). The van der Waals surface area contributed by atoms with Crippen LogP contribution in [0.25, 0.3) is 0 Å². The molecule has 2 aliphatic rings. The number of ether oxygens (including phenoxy) is 1. The predicted octanol–water partition coefficient (Wildman–Crippen LogP) is 4.77. The minimum atomic E-state index is -2.81. The Labute approximate surface area is 206 Å². The van der Waals surface area contributed by atoms with Crippen molar-refractivity contribution in [3.05, 3.63) is 82.5 Å². The monoisotopic (exact) mass is 497 g/mol. The number of hydrogen-bond acceptors (Lipinski definition) is 7. The maximum Gasteiger partial charge on any atom is 0.343 e. The Morgan fingerprint density at radius 3 is 2.54 bits per heavy atom. The second kappa shape index (κ2) is 9.22. The van der Waals surface area contributed by atoms with E-state index in [1.807, 2.05) is 42.5 Å². The molecule has 0 amide bonds. The molecule has 1 fully saturated rings. The first-order chi connectivity index (χ1) is 16.8. The van der Waals surface area contributed by atoms with Crippen molar-refractivity contribution in [1.29, 1.82) is 0 Å². The van der Waals surface area contributed by atoms with E-state index >= 15 is 0 Å². The summed E-state index contributed by atoms with van der Waals surface area (Å²) in [5.41, 5.74) is 2.79. The van der Waals surface area contributed by atoms with Gasteiger partial charge in [-0.25, -0.2) is 23.6 Å². The standard InChI is InChI=1S/C25H22ClF2N5O2/c1-35-23(34)19-13-29-24(32-12-11-25(27,28)15-32)30-22(19)33-14-20(16-5-3-2-4-6-16)21(31-33)17-7-9-18(26)10-8-17/h2-10,13,20H,11-12,14-15H2,1H3. The van der Waals surface area contributed by atoms with E-state index in [4.69, 9.17) is 21.4 Å². The maximum absolute atomic E-state index is 13.8. The van der Waals surface area contributed by atoms with Gasteiger partial charge in [-0.1, -0.05) is 54.1 Å². The Morgan fingerprint density at radius 2 is 1.89 bits per heavy atom. The van der Waals surface area contributed by atoms with Crippen LogP contribution in [0.3, 0.4) is 0 Å². The molecule has 180 valence electrons. The van der Waals surface area contributed by atoms with E-state index in [1.54, 1.807) is 17.1 Å². The number of benzene rings is 2. The van der Waals surface area contributed by atoms with Crippen LogP contribution in [-0.4, -0.2) is 54.3 Å². The Bertz CT molecular complexity index is 1270. The zero-order chi connectivity index (χ0) is 24.6. The van der Waals surface area contributed by atoms with Crippen LogP contribution in [0.4, 0.5) is 20.5 Å². The number of anilines is 2. The lowest BCUT2D eigenvalue weighted by Crippen LogP contribution is -2.28. The van der Waals surface area contributed by atoms with E-state index in [9.17, 15) is 13.6 Å². The molecule has 0 saturated carbocycles. The fraction of sp³-hybridized carbons (Fsp3) is 0.280. The summed E-state index contributed by atoms with van der Waals surface area (Å²) in [6.07, 6.45) is 1.04. The molecule has 1 atom stereocenters. The molecule has 35 heavy (non-hydrogen) atoms. The van der Waals surface area contributed by atoms with Crippen molar-refractivity contribution < 1.29 is 18.3 Å². The molecule has 1 unspecified atom stereocenters. The second-order valence-electron chi connectivity index (χ2n) is 8.46. The molecule has 2 aliphatic heterocycles. The molecule has 10 heteroatoms. The summed E-state index contributed by atoms with van der Waals surface area (Å²) in [5, 5.41) is 7.06. The summed E-state index contributed by atoms with van der Waals surface area (Å²) >= 11 is 6.09. The van der Waals surface area contributed by atoms with E-state index < -0.39 is 18.4 Å². The fourth-order valence-electron chi connectivity index (χ4n) is 4.34. The van der Waals surface area contributed by atoms with Crippen molar-refractivity contribution in [3.63, 3.8) is 0 Å². The lowest BCUT2D eigenvalue weighted by atomic mass is 9.91. The highest BCUT2D eigenvalue weighted by Gasteiger charge is 2.40. The molecular weight excluding hydrogens is 476 g/mol. The third-order valence-corrected chi connectivity index (χ3v) is 6.37. The molecular formula is C25H22ClF2N5O2. The number of aromatic nitrogens is 2. The van der Waals surface area contributed by atoms with Crippen molar-refractivity contribution in [1.82, 2.24) is 9.97 Å². The van der Waals surface area contributed by atoms with Crippen LogP contribution in [0.15, 0.2) is 65.9 Å². The van der Waals surface area contributed by atoms with Gasteiger partial charge in [-0.3, -0.25) is 0 Å². The minimum absolute atomic E-state index is 0.107. The van der Waals surface area contributed by atoms with Gasteiger partial charge in [0.05, 0.1) is 25.9 Å². The van der Waals surface area contributed by atoms with E-state index in [-0.39, 0.29) is 36.2 Å². The molecule has 0 spiro atoms. The van der Waals surface area contributed by atoms with Crippen LogP contribution in [0.2, 0.25) is 5.02 Å². The molecule has 0 bridgehead atoms. The smallest absolute Gasteiger partial charge is 0.343 e. The number of carbonyl (C=O) groups excluding carboxylic acids is 1. The number of carbonyl (C=O) groups is 1. The van der Waals surface area contributed by atoms with Gasteiger partial charge in [0.2, 0.25) is 5.95 Å². The highest BCUT2D eigenvalue weighted by atomic mass is 35.5. The summed E-state index contributed by atoms with van der Waals surface area (Å²) in [6, 6.07) is 17.2. The first-order valence-electron chi connectivity index (χ1n) is 11.1. The van der Waals surface area contributed by atoms with Gasteiger partial charge in [-0.2, -0.15) is 10.1 Å². The average molecular weight is 498 g/mol. The predicted molar refractivity (Wildman–Crippen MR) is 130 cm³/mol. The molecule has 1 aromatic heterocycles. The Kier molecular flexibility index (Phi) is 6.10. The third kappa shape index (κ3) is 4.68. The first kappa shape index (κ1) is 23.2. The quantitative estimate of drug-likeness (QED) is 0.473. The van der Waals surface area contributed by atoms with E-state index in [0.717, 1.165) is 16.8 Å². The number of esters is 1. The van der Waals surface area contributed by atoms with Gasteiger partial charge in [-0.05, 0) is 23.3 Å². The number of methoxy groups -OCH3 is 1. The fourth-order valence-corrected chi connectivity index (χ4v) is 4.46. The molecule has 1 saturated heterocycles. The summed E-state index contributed by atoms with van der Waals surface area (Å²) < 4.78 is 32.6. The SMILES string of the molecule is COC(=O)c1cnc(N2CCC(F)(F)C2)nc1N1CC(c2ccccc2)C(c2ccc(Cl)cc2)=N1. The Hall–Kier alpha value is -3.59. The van der Waals surface area contributed by atoms with Crippen molar-refractivity contribution >= 4 is 35.0 Å². The molecule has 3 aromatic rings. The van der Waals surface area contributed by atoms with Crippen LogP contribution in [0.1, 0.15) is 33.8 Å². The van der Waals surface area contributed by atoms with Crippen molar-refractivity contribution in [2.75, 3.05) is 36.7 Å². The van der Waals surface area contributed by atoms with Crippen LogP contribution in [0.5, 0.6) is 0 Å². The lowest BCUT2D eigenvalue weighted by Gasteiger charge is -2.21. The van der Waals surface area contributed by atoms with Gasteiger partial charge >= 0.3 is 5.97 Å². The molecule has 3 heterocycles. The number of hydrogen-bond donors (Lipinski definition) is 0. The van der Waals surface area contributed by atoms with Gasteiger partial charge in [0.25, 0.3) is 5.92 Å². The minimum Gasteiger partial charge on any atom is -0.465 e. The largest absolute Gasteiger partial charge is 0.465 e. The van der Waals surface area contributed by atoms with Gasteiger partial charge < -0.3 is 9.64 Å². The molecule has 7 nitrogen and oxygen atoms in total. The van der Waals surface area contributed by atoms with E-state index in [0.29, 0.717) is 11.6 Å². The summed E-state index contributed by atoms with van der Waals surface area (Å²) in [5.74, 6) is -3.24. The van der Waals surface area contributed by atoms with E-state index in [1.165, 1.54) is 18.2 Å². The molecule has 0 radical (unpaired) electrons. The number of hydrazone groups is 1. The van der Waals surface area contributed by atoms with Gasteiger partial charge in [-0.15, -0.1) is 0 Å². The highest BCUT2D eigenvalue weighted by Crippen LogP contribution is 2.35. The highest BCUT2D eigenvalue weighted by molar-refractivity contribution is 6.30. The zero-order valence-corrected chi connectivity index (χ0v) is 19.6. The summed E-state index contributed by atoms with van der Waals surface area (Å²) in [4.78, 5) is 22.7. The first-order valence-corrected chi connectivity index (χ1v) is 11.5. The number of rotatable bonds is 5. The normalized spacial score (nSPS) is 19.1. The second-order valence-corrected chi connectivity index (χ2v) is 8.90. The lowest BCUT2D eigenvalue weighted by molar-refractivity contribution is 0.0256. The topological polar surface area (TPSA) is 70.9 Å². The summed E-state index contributed by atoms with van der Waals surface area (Å²) in [6.45, 7) is 0.0322. The number of nitrogens with zero attached hydrogens (tertiary/aromatic N) is 5. The molecule has 0 N–H and O–H groups in total. The van der Waals surface area contributed by atoms with Crippen molar-refractivity contribution in [2.24, 2.45) is 5.10 Å². The van der Waals surface area contributed by atoms with Gasteiger partial charge in [0, 0.05) is 30.1 Å². The van der Waals surface area contributed by atoms with Gasteiger partial charge in [0.15, 0.2) is 5.82 Å². The van der Waals surface area contributed by atoms with Crippen LogP contribution < -0.4 is 9.91 Å². The maximum atomic E-state index is 13.8. The third-order valence-electron chi connectivity index (χ3n) is 6.11. The average Bonchev–Trinajstić information content (AvgIpc) is 3.48. The molecule has 0 aliphatic carbocycles. The van der Waals surface area contributed by atoms with Gasteiger partial charge in [0.1, 0.15) is 5.56 Å². The van der Waals surface area contributed by atoms with Crippen LogP contribution in [-0.2, 0) is 4.74 Å². The van der Waals surface area contributed by atoms with E-state index in [2.05, 4.69) is 9.97 Å². The number of alkyl halides is 2. The van der Waals surface area contributed by atoms with Crippen LogP contribution >= 0.6 is 11.6 Å². The Morgan fingerprint density at radius 1 is 1.14 bits per heavy atom. The zero-order valence-electron chi connectivity index (χ0n) is 18.9. The van der Waals surface area contributed by atoms with Crippen LogP contribution in [0, 0.1) is 0 Å². The molecule has 2 aromatic carbocycles. The number of halogens is 3.